The minimum absolute atomic E-state index is 0.517. The Labute approximate surface area is 163 Å². The van der Waals surface area contributed by atoms with Crippen molar-refractivity contribution in [2.24, 2.45) is 0 Å². The smallest absolute Gasteiger partial charge is 0.161 e. The molecule has 0 N–H and O–H groups in total. The quantitative estimate of drug-likeness (QED) is 0.551. The SMILES string of the molecule is COc1ccc(C=C(C#N)c2nc(-c3ccc(C)cc3C)cs2)cc1OC. The number of allylic oxidation sites excluding steroid dienone is 1. The fraction of sp³-hybridized carbons (Fsp3) is 0.182. The zero-order chi connectivity index (χ0) is 19.4. The molecule has 0 aliphatic heterocycles. The van der Waals surface area contributed by atoms with Crippen LogP contribution < -0.4 is 9.47 Å². The van der Waals surface area contributed by atoms with Crippen LogP contribution in [0.1, 0.15) is 21.7 Å². The van der Waals surface area contributed by atoms with Gasteiger partial charge in [-0.05, 0) is 43.2 Å². The fourth-order valence-electron chi connectivity index (χ4n) is 2.87. The molecule has 2 aromatic carbocycles. The van der Waals surface area contributed by atoms with Crippen LogP contribution in [0.5, 0.6) is 11.5 Å². The topological polar surface area (TPSA) is 55.1 Å². The van der Waals surface area contributed by atoms with E-state index in [0.29, 0.717) is 22.1 Å². The van der Waals surface area contributed by atoms with Gasteiger partial charge in [-0.15, -0.1) is 11.3 Å². The number of nitriles is 1. The Balaban J connectivity index is 1.96. The van der Waals surface area contributed by atoms with E-state index in [1.165, 1.54) is 22.5 Å². The number of aryl methyl sites for hydroxylation is 2. The van der Waals surface area contributed by atoms with Crippen molar-refractivity contribution < 1.29 is 9.47 Å². The Morgan fingerprint density at radius 2 is 1.85 bits per heavy atom. The predicted molar refractivity (Wildman–Crippen MR) is 110 cm³/mol. The molecule has 136 valence electrons. The van der Waals surface area contributed by atoms with Gasteiger partial charge >= 0.3 is 0 Å². The van der Waals surface area contributed by atoms with E-state index in [-0.39, 0.29) is 0 Å². The Morgan fingerprint density at radius 3 is 2.52 bits per heavy atom. The Hall–Kier alpha value is -3.10. The molecule has 0 radical (unpaired) electrons. The average Bonchev–Trinajstić information content (AvgIpc) is 3.15. The van der Waals surface area contributed by atoms with Gasteiger partial charge in [-0.2, -0.15) is 5.26 Å². The third-order valence-electron chi connectivity index (χ3n) is 4.23. The van der Waals surface area contributed by atoms with E-state index in [1.807, 2.05) is 29.7 Å². The van der Waals surface area contributed by atoms with Gasteiger partial charge < -0.3 is 9.47 Å². The minimum atomic E-state index is 0.517. The van der Waals surface area contributed by atoms with Crippen LogP contribution in [0.15, 0.2) is 41.8 Å². The largest absolute Gasteiger partial charge is 0.493 e. The number of hydrogen-bond acceptors (Lipinski definition) is 5. The Kier molecular flexibility index (Phi) is 5.58. The number of nitrogens with zero attached hydrogens (tertiary/aromatic N) is 2. The van der Waals surface area contributed by atoms with Gasteiger partial charge in [0.2, 0.25) is 0 Å². The summed E-state index contributed by atoms with van der Waals surface area (Å²) in [5.74, 6) is 1.28. The van der Waals surface area contributed by atoms with Gasteiger partial charge in [-0.3, -0.25) is 0 Å². The number of methoxy groups -OCH3 is 2. The molecule has 0 saturated carbocycles. The molecule has 1 heterocycles. The standard InChI is InChI=1S/C22H20N2O2S/c1-14-5-7-18(15(2)9-14)19-13-27-22(24-19)17(12-23)10-16-6-8-20(25-3)21(11-16)26-4/h5-11,13H,1-4H3. The van der Waals surface area contributed by atoms with Crippen molar-refractivity contribution in [3.05, 3.63) is 63.5 Å². The molecule has 0 aliphatic carbocycles. The lowest BCUT2D eigenvalue weighted by molar-refractivity contribution is 0.355. The maximum atomic E-state index is 9.63. The van der Waals surface area contributed by atoms with Crippen molar-refractivity contribution >= 4 is 23.0 Å². The van der Waals surface area contributed by atoms with Crippen LogP contribution in [-0.4, -0.2) is 19.2 Å². The molecule has 3 aromatic rings. The lowest BCUT2D eigenvalue weighted by Gasteiger charge is -2.07. The number of rotatable bonds is 5. The third-order valence-corrected chi connectivity index (χ3v) is 5.11. The van der Waals surface area contributed by atoms with Gasteiger partial charge in [0.25, 0.3) is 0 Å². The van der Waals surface area contributed by atoms with Gasteiger partial charge in [0, 0.05) is 10.9 Å². The van der Waals surface area contributed by atoms with Crippen LogP contribution in [0.3, 0.4) is 0 Å². The molecule has 27 heavy (non-hydrogen) atoms. The summed E-state index contributed by atoms with van der Waals surface area (Å²) in [4.78, 5) is 4.69. The number of thiazole rings is 1. The van der Waals surface area contributed by atoms with E-state index in [9.17, 15) is 5.26 Å². The summed E-state index contributed by atoms with van der Waals surface area (Å²) in [6.07, 6.45) is 1.81. The number of aromatic nitrogens is 1. The second kappa shape index (κ2) is 8.07. The molecule has 0 saturated heterocycles. The first-order valence-corrected chi connectivity index (χ1v) is 9.31. The Morgan fingerprint density at radius 1 is 1.07 bits per heavy atom. The number of ether oxygens (including phenoxy) is 2. The van der Waals surface area contributed by atoms with Crippen molar-refractivity contribution in [3.63, 3.8) is 0 Å². The van der Waals surface area contributed by atoms with Crippen molar-refractivity contribution in [1.29, 1.82) is 5.26 Å². The molecule has 5 heteroatoms. The highest BCUT2D eigenvalue weighted by molar-refractivity contribution is 7.11. The van der Waals surface area contributed by atoms with Crippen LogP contribution in [0.4, 0.5) is 0 Å². The molecule has 0 unspecified atom stereocenters. The zero-order valence-electron chi connectivity index (χ0n) is 15.7. The highest BCUT2D eigenvalue weighted by Crippen LogP contribution is 2.32. The van der Waals surface area contributed by atoms with E-state index in [1.54, 1.807) is 14.2 Å². The van der Waals surface area contributed by atoms with Gasteiger partial charge in [-0.1, -0.05) is 29.8 Å². The molecule has 4 nitrogen and oxygen atoms in total. The molecule has 0 bridgehead atoms. The van der Waals surface area contributed by atoms with Gasteiger partial charge in [0.15, 0.2) is 11.5 Å². The summed E-state index contributed by atoms with van der Waals surface area (Å²) in [6, 6.07) is 14.1. The van der Waals surface area contributed by atoms with Gasteiger partial charge in [0.05, 0.1) is 25.5 Å². The average molecular weight is 376 g/mol. The van der Waals surface area contributed by atoms with E-state index in [4.69, 9.17) is 9.47 Å². The summed E-state index contributed by atoms with van der Waals surface area (Å²) in [7, 11) is 3.19. The monoisotopic (exact) mass is 376 g/mol. The van der Waals surface area contributed by atoms with Crippen molar-refractivity contribution in [2.75, 3.05) is 14.2 Å². The third kappa shape index (κ3) is 4.02. The van der Waals surface area contributed by atoms with Crippen LogP contribution in [0.2, 0.25) is 0 Å². The number of hydrogen-bond donors (Lipinski definition) is 0. The highest BCUT2D eigenvalue weighted by atomic mass is 32.1. The molecule has 3 rings (SSSR count). The van der Waals surface area contributed by atoms with Crippen molar-refractivity contribution in [2.45, 2.75) is 13.8 Å². The summed E-state index contributed by atoms with van der Waals surface area (Å²) in [5, 5.41) is 12.3. The predicted octanol–water partition coefficient (Wildman–Crippen LogP) is 5.51. The maximum absolute atomic E-state index is 9.63. The van der Waals surface area contributed by atoms with E-state index >= 15 is 0 Å². The summed E-state index contributed by atoms with van der Waals surface area (Å²) in [6.45, 7) is 4.15. The minimum Gasteiger partial charge on any atom is -0.493 e. The highest BCUT2D eigenvalue weighted by Gasteiger charge is 2.11. The van der Waals surface area contributed by atoms with Gasteiger partial charge in [0.1, 0.15) is 11.1 Å². The first-order valence-electron chi connectivity index (χ1n) is 8.43. The van der Waals surface area contributed by atoms with E-state index < -0.39 is 0 Å². The van der Waals surface area contributed by atoms with Crippen LogP contribution in [-0.2, 0) is 0 Å². The van der Waals surface area contributed by atoms with Gasteiger partial charge in [-0.25, -0.2) is 4.98 Å². The van der Waals surface area contributed by atoms with E-state index in [0.717, 1.165) is 16.8 Å². The molecular weight excluding hydrogens is 356 g/mol. The van der Waals surface area contributed by atoms with Crippen molar-refractivity contribution in [3.8, 4) is 28.8 Å². The van der Waals surface area contributed by atoms with E-state index in [2.05, 4.69) is 43.1 Å². The maximum Gasteiger partial charge on any atom is 0.161 e. The molecular formula is C22H20N2O2S. The molecule has 1 aromatic heterocycles. The normalized spacial score (nSPS) is 11.1. The summed E-state index contributed by atoms with van der Waals surface area (Å²) < 4.78 is 10.6. The molecule has 0 amide bonds. The zero-order valence-corrected chi connectivity index (χ0v) is 16.6. The second-order valence-corrected chi connectivity index (χ2v) is 7.00. The lowest BCUT2D eigenvalue weighted by Crippen LogP contribution is -1.91. The summed E-state index contributed by atoms with van der Waals surface area (Å²) in [5.41, 5.74) is 5.75. The van der Waals surface area contributed by atoms with Crippen LogP contribution in [0.25, 0.3) is 22.9 Å². The molecule has 0 atom stereocenters. The van der Waals surface area contributed by atoms with Crippen LogP contribution in [0, 0.1) is 25.2 Å². The molecule has 0 spiro atoms. The van der Waals surface area contributed by atoms with Crippen LogP contribution >= 0.6 is 11.3 Å². The fourth-order valence-corrected chi connectivity index (χ4v) is 3.66. The Bertz CT molecular complexity index is 1040. The lowest BCUT2D eigenvalue weighted by atomic mass is 10.0. The molecule has 0 fully saturated rings. The first kappa shape index (κ1) is 18.7. The number of benzene rings is 2. The second-order valence-electron chi connectivity index (χ2n) is 6.14. The summed E-state index contributed by atoms with van der Waals surface area (Å²) >= 11 is 1.47. The van der Waals surface area contributed by atoms with Crippen molar-refractivity contribution in [1.82, 2.24) is 4.98 Å². The molecule has 0 aliphatic rings. The first-order chi connectivity index (χ1) is 13.0.